The van der Waals surface area contributed by atoms with E-state index >= 15 is 0 Å². The highest BCUT2D eigenvalue weighted by Crippen LogP contribution is 2.14. The first-order valence-electron chi connectivity index (χ1n) is 3.15. The van der Waals surface area contributed by atoms with Crippen molar-refractivity contribution in [1.82, 2.24) is 0 Å². The molecule has 1 aromatic carbocycles. The zero-order valence-corrected chi connectivity index (χ0v) is 5.94. The van der Waals surface area contributed by atoms with Crippen molar-refractivity contribution in [3.8, 4) is 6.07 Å². The Bertz CT molecular complexity index is 318. The Balaban J connectivity index is 3.21. The van der Waals surface area contributed by atoms with Crippen LogP contribution in [0.4, 0.5) is 13.2 Å². The summed E-state index contributed by atoms with van der Waals surface area (Å²) in [6.07, 6.45) is -0.391. The zero-order valence-electron chi connectivity index (χ0n) is 5.94. The highest BCUT2D eigenvalue weighted by atomic mass is 19.1. The first-order valence-corrected chi connectivity index (χ1v) is 3.15. The molecule has 0 aliphatic rings. The lowest BCUT2D eigenvalue weighted by atomic mass is 10.1. The second-order valence-corrected chi connectivity index (χ2v) is 2.18. The third-order valence-corrected chi connectivity index (χ3v) is 1.36. The predicted octanol–water partition coefficient (Wildman–Crippen LogP) is 2.17. The van der Waals surface area contributed by atoms with Crippen LogP contribution in [-0.4, -0.2) is 0 Å². The van der Waals surface area contributed by atoms with Gasteiger partial charge in [0.25, 0.3) is 0 Å². The molecule has 0 atom stereocenters. The lowest BCUT2D eigenvalue weighted by molar-refractivity contribution is 0.529. The van der Waals surface area contributed by atoms with E-state index in [1.54, 1.807) is 6.07 Å². The second-order valence-electron chi connectivity index (χ2n) is 2.18. The molecule has 0 bridgehead atoms. The second kappa shape index (κ2) is 3.26. The van der Waals surface area contributed by atoms with Crippen LogP contribution in [0.2, 0.25) is 0 Å². The summed E-state index contributed by atoms with van der Waals surface area (Å²) in [5.74, 6) is -3.02. The number of hydrogen-bond acceptors (Lipinski definition) is 1. The number of halogens is 3. The summed E-state index contributed by atoms with van der Waals surface area (Å²) in [5.41, 5.74) is -0.390. The Hall–Kier alpha value is -1.50. The van der Waals surface area contributed by atoms with Gasteiger partial charge in [0.05, 0.1) is 12.5 Å². The molecule has 0 saturated heterocycles. The fraction of sp³-hybridized carbons (Fsp3) is 0.125. The third kappa shape index (κ3) is 1.56. The predicted molar refractivity (Wildman–Crippen MR) is 35.6 cm³/mol. The highest BCUT2D eigenvalue weighted by molar-refractivity contribution is 5.23. The van der Waals surface area contributed by atoms with Crippen LogP contribution in [0.25, 0.3) is 0 Å². The van der Waals surface area contributed by atoms with E-state index in [-0.39, 0.29) is 5.56 Å². The van der Waals surface area contributed by atoms with Gasteiger partial charge in [0.15, 0.2) is 0 Å². The fourth-order valence-electron chi connectivity index (χ4n) is 0.820. The van der Waals surface area contributed by atoms with E-state index in [0.717, 1.165) is 0 Å². The number of hydrogen-bond donors (Lipinski definition) is 0. The molecule has 0 saturated carbocycles. The van der Waals surface area contributed by atoms with Crippen molar-refractivity contribution in [2.24, 2.45) is 0 Å². The molecule has 0 heterocycles. The zero-order chi connectivity index (χ0) is 9.14. The highest BCUT2D eigenvalue weighted by Gasteiger charge is 2.10. The summed E-state index contributed by atoms with van der Waals surface area (Å²) in [4.78, 5) is 0. The van der Waals surface area contributed by atoms with Crippen molar-refractivity contribution in [2.45, 2.75) is 6.42 Å². The van der Waals surface area contributed by atoms with Crippen LogP contribution in [-0.2, 0) is 6.42 Å². The average Bonchev–Trinajstić information content (AvgIpc) is 1.96. The summed E-state index contributed by atoms with van der Waals surface area (Å²) in [6, 6.07) is 2.69. The topological polar surface area (TPSA) is 23.8 Å². The lowest BCUT2D eigenvalue weighted by Crippen LogP contribution is -1.95. The van der Waals surface area contributed by atoms with Gasteiger partial charge in [-0.25, -0.2) is 13.2 Å². The van der Waals surface area contributed by atoms with E-state index < -0.39 is 23.9 Å². The van der Waals surface area contributed by atoms with Gasteiger partial charge in [-0.3, -0.25) is 0 Å². The van der Waals surface area contributed by atoms with Crippen LogP contribution in [0.1, 0.15) is 5.56 Å². The molecular formula is C8H4F3N. The summed E-state index contributed by atoms with van der Waals surface area (Å²) >= 11 is 0. The van der Waals surface area contributed by atoms with E-state index in [9.17, 15) is 13.2 Å². The van der Waals surface area contributed by atoms with Gasteiger partial charge in [-0.1, -0.05) is 0 Å². The van der Waals surface area contributed by atoms with Crippen LogP contribution < -0.4 is 0 Å². The van der Waals surface area contributed by atoms with E-state index in [0.29, 0.717) is 12.1 Å². The normalized spacial score (nSPS) is 9.50. The first-order chi connectivity index (χ1) is 5.65. The van der Waals surface area contributed by atoms with Gasteiger partial charge < -0.3 is 0 Å². The number of nitriles is 1. The molecule has 4 heteroatoms. The molecule has 1 nitrogen and oxygen atoms in total. The van der Waals surface area contributed by atoms with Crippen LogP contribution in [0.15, 0.2) is 12.1 Å². The molecule has 1 rings (SSSR count). The Labute approximate surface area is 67.1 Å². The molecule has 1 aromatic rings. The number of nitrogens with zero attached hydrogens (tertiary/aromatic N) is 1. The van der Waals surface area contributed by atoms with Crippen LogP contribution in [0, 0.1) is 28.8 Å². The molecule has 0 amide bonds. The van der Waals surface area contributed by atoms with Gasteiger partial charge in [0.1, 0.15) is 17.5 Å². The molecule has 0 aliphatic carbocycles. The van der Waals surface area contributed by atoms with Crippen LogP contribution in [0.5, 0.6) is 0 Å². The largest absolute Gasteiger partial charge is 0.207 e. The lowest BCUT2D eigenvalue weighted by Gasteiger charge is -1.99. The molecule has 12 heavy (non-hydrogen) atoms. The van der Waals surface area contributed by atoms with Crippen LogP contribution in [0.3, 0.4) is 0 Å². The van der Waals surface area contributed by atoms with E-state index in [1.165, 1.54) is 0 Å². The van der Waals surface area contributed by atoms with Gasteiger partial charge in [-0.15, -0.1) is 0 Å². The van der Waals surface area contributed by atoms with Gasteiger partial charge in [-0.05, 0) is 0 Å². The molecular weight excluding hydrogens is 167 g/mol. The molecule has 0 unspecified atom stereocenters. The first kappa shape index (κ1) is 8.60. The summed E-state index contributed by atoms with van der Waals surface area (Å²) < 4.78 is 37.6. The Morgan fingerprint density at radius 3 is 2.08 bits per heavy atom. The summed E-state index contributed by atoms with van der Waals surface area (Å²) in [5, 5.41) is 8.16. The van der Waals surface area contributed by atoms with Crippen LogP contribution >= 0.6 is 0 Å². The van der Waals surface area contributed by atoms with Crippen molar-refractivity contribution < 1.29 is 13.2 Å². The summed E-state index contributed by atoms with van der Waals surface area (Å²) in [6.45, 7) is 0. The van der Waals surface area contributed by atoms with Crippen molar-refractivity contribution >= 4 is 0 Å². The van der Waals surface area contributed by atoms with E-state index in [4.69, 9.17) is 5.26 Å². The molecule has 62 valence electrons. The minimum atomic E-state index is -1.02. The molecule has 0 fully saturated rings. The van der Waals surface area contributed by atoms with Gasteiger partial charge in [0.2, 0.25) is 0 Å². The van der Waals surface area contributed by atoms with Crippen molar-refractivity contribution in [3.05, 3.63) is 35.1 Å². The van der Waals surface area contributed by atoms with Gasteiger partial charge >= 0.3 is 0 Å². The van der Waals surface area contributed by atoms with Crippen molar-refractivity contribution in [1.29, 1.82) is 5.26 Å². The van der Waals surface area contributed by atoms with Crippen molar-refractivity contribution in [3.63, 3.8) is 0 Å². The summed E-state index contributed by atoms with van der Waals surface area (Å²) in [7, 11) is 0. The molecule has 0 spiro atoms. The standard InChI is InChI=1S/C8H4F3N/c9-5-3-7(10)6(1-2-12)8(11)4-5/h3-4H,1H2. The van der Waals surface area contributed by atoms with Gasteiger partial charge in [-0.2, -0.15) is 5.26 Å². The monoisotopic (exact) mass is 171 g/mol. The number of benzene rings is 1. The maximum Gasteiger partial charge on any atom is 0.133 e. The van der Waals surface area contributed by atoms with E-state index in [1.807, 2.05) is 0 Å². The minimum Gasteiger partial charge on any atom is -0.207 e. The molecule has 0 aliphatic heterocycles. The van der Waals surface area contributed by atoms with E-state index in [2.05, 4.69) is 0 Å². The average molecular weight is 171 g/mol. The maximum atomic E-state index is 12.7. The Morgan fingerprint density at radius 1 is 1.17 bits per heavy atom. The quantitative estimate of drug-likeness (QED) is 0.635. The maximum absolute atomic E-state index is 12.7. The molecule has 0 N–H and O–H groups in total. The third-order valence-electron chi connectivity index (χ3n) is 1.36. The Kier molecular flexibility index (Phi) is 2.34. The molecule has 0 radical (unpaired) electrons. The number of rotatable bonds is 1. The molecule has 0 aromatic heterocycles. The Morgan fingerprint density at radius 2 is 1.67 bits per heavy atom. The SMILES string of the molecule is N#CCc1c(F)cc(F)cc1F. The minimum absolute atomic E-state index is 0.390. The van der Waals surface area contributed by atoms with Crippen molar-refractivity contribution in [2.75, 3.05) is 0 Å². The fourth-order valence-corrected chi connectivity index (χ4v) is 0.820. The van der Waals surface area contributed by atoms with Gasteiger partial charge in [0, 0.05) is 17.7 Å². The smallest absolute Gasteiger partial charge is 0.133 e.